The van der Waals surface area contributed by atoms with Crippen LogP contribution in [0.3, 0.4) is 0 Å². The molecule has 1 fully saturated rings. The molecule has 2 N–H and O–H groups in total. The van der Waals surface area contributed by atoms with Gasteiger partial charge in [-0.05, 0) is 18.4 Å². The van der Waals surface area contributed by atoms with Crippen molar-refractivity contribution in [1.82, 2.24) is 14.7 Å². The van der Waals surface area contributed by atoms with Gasteiger partial charge in [0.2, 0.25) is 0 Å². The summed E-state index contributed by atoms with van der Waals surface area (Å²) in [7, 11) is 2.06. The molecule has 1 aromatic carbocycles. The Labute approximate surface area is 139 Å². The lowest BCUT2D eigenvalue weighted by atomic mass is 9.95. The van der Waals surface area contributed by atoms with Gasteiger partial charge in [-0.15, -0.1) is 0 Å². The zero-order valence-corrected chi connectivity index (χ0v) is 14.5. The molecule has 0 amide bonds. The number of rotatable bonds is 5. The Morgan fingerprint density at radius 3 is 2.52 bits per heavy atom. The SMILES string of the molecule is CCc1nn(C)c(CC)c1CN1C[C@@H](N)[C@H](c2ccccc2)C1. The van der Waals surface area contributed by atoms with Crippen LogP contribution in [0.25, 0.3) is 0 Å². The van der Waals surface area contributed by atoms with Crippen LogP contribution in [0.5, 0.6) is 0 Å². The van der Waals surface area contributed by atoms with Gasteiger partial charge in [0.25, 0.3) is 0 Å². The number of benzene rings is 1. The quantitative estimate of drug-likeness (QED) is 0.922. The zero-order valence-electron chi connectivity index (χ0n) is 14.5. The fourth-order valence-corrected chi connectivity index (χ4v) is 3.89. The Kier molecular flexibility index (Phi) is 4.83. The van der Waals surface area contributed by atoms with Crippen LogP contribution in [0, 0.1) is 0 Å². The standard InChI is InChI=1S/C19H28N4/c1-4-18-16(19(5-2)22(3)21-18)12-23-11-15(17(20)13-23)14-9-7-6-8-10-14/h6-10,15,17H,4-5,11-13,20H2,1-3H3/t15-,17+/m0/s1. The average molecular weight is 312 g/mol. The molecule has 2 aromatic rings. The van der Waals surface area contributed by atoms with E-state index in [0.29, 0.717) is 5.92 Å². The minimum absolute atomic E-state index is 0.212. The van der Waals surface area contributed by atoms with E-state index in [-0.39, 0.29) is 6.04 Å². The van der Waals surface area contributed by atoms with Gasteiger partial charge in [-0.25, -0.2) is 0 Å². The maximum atomic E-state index is 6.44. The summed E-state index contributed by atoms with van der Waals surface area (Å²) in [4.78, 5) is 2.50. The van der Waals surface area contributed by atoms with Crippen LogP contribution in [0.1, 0.15) is 42.3 Å². The number of aryl methyl sites for hydroxylation is 2. The van der Waals surface area contributed by atoms with Gasteiger partial charge in [-0.2, -0.15) is 5.10 Å². The molecule has 0 spiro atoms. The van der Waals surface area contributed by atoms with Crippen molar-refractivity contribution in [3.05, 3.63) is 52.8 Å². The van der Waals surface area contributed by atoms with Gasteiger partial charge in [-0.1, -0.05) is 44.2 Å². The van der Waals surface area contributed by atoms with Gasteiger partial charge < -0.3 is 5.73 Å². The van der Waals surface area contributed by atoms with Crippen molar-refractivity contribution in [2.75, 3.05) is 13.1 Å². The van der Waals surface area contributed by atoms with Crippen molar-refractivity contribution in [1.29, 1.82) is 0 Å². The summed E-state index contributed by atoms with van der Waals surface area (Å²) in [5, 5.41) is 4.70. The molecular formula is C19H28N4. The Hall–Kier alpha value is -1.65. The second kappa shape index (κ2) is 6.85. The van der Waals surface area contributed by atoms with Gasteiger partial charge in [-0.3, -0.25) is 9.58 Å². The van der Waals surface area contributed by atoms with Crippen molar-refractivity contribution >= 4 is 0 Å². The summed E-state index contributed by atoms with van der Waals surface area (Å²) < 4.78 is 2.05. The van der Waals surface area contributed by atoms with Crippen molar-refractivity contribution in [2.24, 2.45) is 12.8 Å². The molecule has 0 radical (unpaired) electrons. The Morgan fingerprint density at radius 1 is 1.13 bits per heavy atom. The number of hydrogen-bond donors (Lipinski definition) is 1. The first-order chi connectivity index (χ1) is 11.1. The highest BCUT2D eigenvalue weighted by molar-refractivity contribution is 5.28. The third kappa shape index (κ3) is 3.19. The predicted octanol–water partition coefficient (Wildman–Crippen LogP) is 2.47. The Morgan fingerprint density at radius 2 is 1.87 bits per heavy atom. The fourth-order valence-electron chi connectivity index (χ4n) is 3.89. The van der Waals surface area contributed by atoms with Gasteiger partial charge in [0.1, 0.15) is 0 Å². The zero-order chi connectivity index (χ0) is 16.4. The molecule has 4 heteroatoms. The molecule has 4 nitrogen and oxygen atoms in total. The second-order valence-corrected chi connectivity index (χ2v) is 6.58. The highest BCUT2D eigenvalue weighted by atomic mass is 15.3. The Bertz CT molecular complexity index is 647. The van der Waals surface area contributed by atoms with Gasteiger partial charge in [0.05, 0.1) is 5.69 Å². The van der Waals surface area contributed by atoms with E-state index in [0.717, 1.165) is 32.5 Å². The Balaban J connectivity index is 1.78. The molecule has 1 aromatic heterocycles. The highest BCUT2D eigenvalue weighted by Gasteiger charge is 2.32. The summed E-state index contributed by atoms with van der Waals surface area (Å²) >= 11 is 0. The average Bonchev–Trinajstić information content (AvgIpc) is 3.08. The monoisotopic (exact) mass is 312 g/mol. The van der Waals surface area contributed by atoms with Crippen LogP contribution in [-0.2, 0) is 26.4 Å². The lowest BCUT2D eigenvalue weighted by Gasteiger charge is -2.17. The summed E-state index contributed by atoms with van der Waals surface area (Å²) in [6, 6.07) is 10.9. The van der Waals surface area contributed by atoms with E-state index in [9.17, 15) is 0 Å². The van der Waals surface area contributed by atoms with Crippen LogP contribution in [0.4, 0.5) is 0 Å². The van der Waals surface area contributed by atoms with Crippen LogP contribution in [0.2, 0.25) is 0 Å². The van der Waals surface area contributed by atoms with E-state index in [1.165, 1.54) is 22.5 Å². The molecule has 2 heterocycles. The van der Waals surface area contributed by atoms with Gasteiger partial charge >= 0.3 is 0 Å². The van der Waals surface area contributed by atoms with Crippen molar-refractivity contribution in [2.45, 2.75) is 45.2 Å². The van der Waals surface area contributed by atoms with E-state index in [1.807, 2.05) is 0 Å². The third-order valence-electron chi connectivity index (χ3n) is 5.08. The molecular weight excluding hydrogens is 284 g/mol. The van der Waals surface area contributed by atoms with E-state index in [2.05, 4.69) is 60.8 Å². The summed E-state index contributed by atoms with van der Waals surface area (Å²) in [6.45, 7) is 7.36. The number of likely N-dealkylation sites (tertiary alicyclic amines) is 1. The van der Waals surface area contributed by atoms with E-state index in [4.69, 9.17) is 10.8 Å². The lowest BCUT2D eigenvalue weighted by molar-refractivity contribution is 0.321. The smallest absolute Gasteiger partial charge is 0.0669 e. The topological polar surface area (TPSA) is 47.1 Å². The largest absolute Gasteiger partial charge is 0.326 e. The molecule has 1 saturated heterocycles. The minimum atomic E-state index is 0.212. The molecule has 23 heavy (non-hydrogen) atoms. The fraction of sp³-hybridized carbons (Fsp3) is 0.526. The number of nitrogens with two attached hydrogens (primary N) is 1. The first-order valence-corrected chi connectivity index (χ1v) is 8.70. The van der Waals surface area contributed by atoms with Gasteiger partial charge in [0, 0.05) is 49.9 Å². The number of hydrogen-bond acceptors (Lipinski definition) is 3. The van der Waals surface area contributed by atoms with Crippen LogP contribution >= 0.6 is 0 Å². The summed E-state index contributed by atoms with van der Waals surface area (Å²) in [5.74, 6) is 0.433. The molecule has 2 atom stereocenters. The normalized spacial score (nSPS) is 21.9. The number of aromatic nitrogens is 2. The summed E-state index contributed by atoms with van der Waals surface area (Å²) in [6.07, 6.45) is 2.02. The minimum Gasteiger partial charge on any atom is -0.326 e. The van der Waals surface area contributed by atoms with Crippen LogP contribution in [0.15, 0.2) is 30.3 Å². The van der Waals surface area contributed by atoms with E-state index in [1.54, 1.807) is 0 Å². The van der Waals surface area contributed by atoms with Crippen molar-refractivity contribution < 1.29 is 0 Å². The molecule has 124 valence electrons. The number of nitrogens with zero attached hydrogens (tertiary/aromatic N) is 3. The van der Waals surface area contributed by atoms with E-state index >= 15 is 0 Å². The second-order valence-electron chi connectivity index (χ2n) is 6.58. The molecule has 0 saturated carbocycles. The predicted molar refractivity (Wildman–Crippen MR) is 94.4 cm³/mol. The summed E-state index contributed by atoms with van der Waals surface area (Å²) in [5.41, 5.74) is 11.8. The van der Waals surface area contributed by atoms with Crippen molar-refractivity contribution in [3.8, 4) is 0 Å². The van der Waals surface area contributed by atoms with E-state index < -0.39 is 0 Å². The van der Waals surface area contributed by atoms with Crippen LogP contribution < -0.4 is 5.73 Å². The lowest BCUT2D eigenvalue weighted by Crippen LogP contribution is -2.28. The van der Waals surface area contributed by atoms with Crippen LogP contribution in [-0.4, -0.2) is 33.8 Å². The van der Waals surface area contributed by atoms with Crippen molar-refractivity contribution in [3.63, 3.8) is 0 Å². The highest BCUT2D eigenvalue weighted by Crippen LogP contribution is 2.28. The molecule has 1 aliphatic rings. The molecule has 0 unspecified atom stereocenters. The third-order valence-corrected chi connectivity index (χ3v) is 5.08. The maximum absolute atomic E-state index is 6.44. The molecule has 0 bridgehead atoms. The molecule has 3 rings (SSSR count). The first kappa shape index (κ1) is 16.2. The first-order valence-electron chi connectivity index (χ1n) is 8.70. The molecule has 1 aliphatic heterocycles. The maximum Gasteiger partial charge on any atom is 0.0669 e. The van der Waals surface area contributed by atoms with Gasteiger partial charge in [0.15, 0.2) is 0 Å². The molecule has 0 aliphatic carbocycles.